The lowest BCUT2D eigenvalue weighted by Crippen LogP contribution is -2.80. The van der Waals surface area contributed by atoms with Crippen molar-refractivity contribution in [3.8, 4) is 11.5 Å². The van der Waals surface area contributed by atoms with Gasteiger partial charge in [-0.05, 0) is 61.8 Å². The first-order valence-electron chi connectivity index (χ1n) is 14.2. The van der Waals surface area contributed by atoms with Crippen molar-refractivity contribution < 1.29 is 23.7 Å². The number of likely N-dealkylation sites (tertiary alicyclic amines) is 1. The van der Waals surface area contributed by atoms with Crippen LogP contribution in [0, 0.1) is 5.92 Å². The van der Waals surface area contributed by atoms with Gasteiger partial charge in [-0.3, -0.25) is 4.90 Å². The van der Waals surface area contributed by atoms with Gasteiger partial charge in [-0.1, -0.05) is 42.5 Å². The highest BCUT2D eigenvalue weighted by molar-refractivity contribution is 5.63. The van der Waals surface area contributed by atoms with E-state index in [1.54, 1.807) is 14.2 Å². The fourth-order valence-electron chi connectivity index (χ4n) is 8.25. The van der Waals surface area contributed by atoms with Crippen LogP contribution in [-0.2, 0) is 32.7 Å². The highest BCUT2D eigenvalue weighted by Crippen LogP contribution is 2.69. The Labute approximate surface area is 225 Å². The molecular formula is C32H39NO5. The SMILES string of the molecule is C=CCO[C@@]12CCC(OC)(OC)C3Oc4c(OCc5ccccc5)ccc5c4[C@@]31CCN(CC1CC1)[C@@H]2C5. The van der Waals surface area contributed by atoms with E-state index < -0.39 is 11.4 Å². The Balaban J connectivity index is 1.38. The Bertz CT molecular complexity index is 1210. The third-order valence-corrected chi connectivity index (χ3v) is 10.1. The van der Waals surface area contributed by atoms with Gasteiger partial charge in [0.2, 0.25) is 5.79 Å². The summed E-state index contributed by atoms with van der Waals surface area (Å²) in [5.41, 5.74) is 2.94. The number of hydrogen-bond donors (Lipinski definition) is 0. The second-order valence-corrected chi connectivity index (χ2v) is 11.8. The summed E-state index contributed by atoms with van der Waals surface area (Å²) in [5, 5.41) is 0. The van der Waals surface area contributed by atoms with E-state index in [-0.39, 0.29) is 17.6 Å². The van der Waals surface area contributed by atoms with Crippen molar-refractivity contribution in [1.29, 1.82) is 0 Å². The van der Waals surface area contributed by atoms with Crippen LogP contribution in [0.2, 0.25) is 0 Å². The number of ether oxygens (including phenoxy) is 5. The molecule has 0 aromatic heterocycles. The lowest BCUT2D eigenvalue weighted by molar-refractivity contribution is -0.325. The van der Waals surface area contributed by atoms with Gasteiger partial charge in [0.25, 0.3) is 0 Å². The van der Waals surface area contributed by atoms with Crippen LogP contribution in [0.5, 0.6) is 11.5 Å². The summed E-state index contributed by atoms with van der Waals surface area (Å²) in [5.74, 6) is 1.61. The highest BCUT2D eigenvalue weighted by atomic mass is 16.7. The summed E-state index contributed by atoms with van der Waals surface area (Å²) in [6.45, 7) is 7.20. The lowest BCUT2D eigenvalue weighted by Gasteiger charge is -2.67. The van der Waals surface area contributed by atoms with Crippen LogP contribution in [-0.4, -0.2) is 62.3 Å². The van der Waals surface area contributed by atoms with Gasteiger partial charge in [-0.25, -0.2) is 0 Å². The minimum atomic E-state index is -0.853. The molecule has 38 heavy (non-hydrogen) atoms. The predicted octanol–water partition coefficient (Wildman–Crippen LogP) is 5.03. The van der Waals surface area contributed by atoms with E-state index in [2.05, 4.69) is 35.7 Å². The van der Waals surface area contributed by atoms with Crippen LogP contribution in [0.1, 0.15) is 48.8 Å². The summed E-state index contributed by atoms with van der Waals surface area (Å²) in [6.07, 6.45) is 7.71. The second-order valence-electron chi connectivity index (χ2n) is 11.8. The fraction of sp³-hybridized carbons (Fsp3) is 0.562. The van der Waals surface area contributed by atoms with Crippen LogP contribution in [0.3, 0.4) is 0 Å². The molecule has 6 heteroatoms. The molecule has 2 heterocycles. The molecule has 0 amide bonds. The van der Waals surface area contributed by atoms with Crippen molar-refractivity contribution in [3.63, 3.8) is 0 Å². The third kappa shape index (κ3) is 3.33. The topological polar surface area (TPSA) is 49.4 Å². The number of benzene rings is 2. The van der Waals surface area contributed by atoms with Crippen LogP contribution in [0.15, 0.2) is 55.1 Å². The fourth-order valence-corrected chi connectivity index (χ4v) is 8.25. The lowest BCUT2D eigenvalue weighted by atomic mass is 9.48. The molecule has 0 radical (unpaired) electrons. The van der Waals surface area contributed by atoms with E-state index in [9.17, 15) is 0 Å². The smallest absolute Gasteiger partial charge is 0.206 e. The Hall–Kier alpha value is -2.38. The van der Waals surface area contributed by atoms with Gasteiger partial charge in [0.05, 0.1) is 17.6 Å². The molecule has 3 fully saturated rings. The molecule has 1 saturated heterocycles. The summed E-state index contributed by atoms with van der Waals surface area (Å²) < 4.78 is 32.9. The Kier molecular flexibility index (Phi) is 5.89. The molecule has 2 bridgehead atoms. The van der Waals surface area contributed by atoms with Crippen molar-refractivity contribution in [2.24, 2.45) is 5.92 Å². The van der Waals surface area contributed by atoms with Crippen LogP contribution in [0.25, 0.3) is 0 Å². The Morgan fingerprint density at radius 2 is 1.87 bits per heavy atom. The largest absolute Gasteiger partial charge is 0.485 e. The molecule has 2 aliphatic heterocycles. The van der Waals surface area contributed by atoms with E-state index in [1.807, 2.05) is 24.3 Å². The van der Waals surface area contributed by atoms with Gasteiger partial charge in [0, 0.05) is 38.8 Å². The maximum absolute atomic E-state index is 7.03. The van der Waals surface area contributed by atoms with Crippen LogP contribution < -0.4 is 9.47 Å². The average Bonchev–Trinajstić information content (AvgIpc) is 3.70. The monoisotopic (exact) mass is 517 g/mol. The van der Waals surface area contributed by atoms with Gasteiger partial charge in [-0.2, -0.15) is 0 Å². The summed E-state index contributed by atoms with van der Waals surface area (Å²) >= 11 is 0. The normalized spacial score (nSPS) is 32.4. The van der Waals surface area contributed by atoms with Gasteiger partial charge >= 0.3 is 0 Å². The molecule has 202 valence electrons. The molecule has 0 N–H and O–H groups in total. The molecule has 2 saturated carbocycles. The first-order chi connectivity index (χ1) is 18.6. The summed E-state index contributed by atoms with van der Waals surface area (Å²) in [4.78, 5) is 2.73. The number of methoxy groups -OCH3 is 2. The number of hydrogen-bond acceptors (Lipinski definition) is 6. The zero-order chi connectivity index (χ0) is 26.0. The number of nitrogens with zero attached hydrogens (tertiary/aromatic N) is 1. The molecule has 2 aromatic carbocycles. The number of rotatable bonds is 10. The minimum absolute atomic E-state index is 0.282. The molecular weight excluding hydrogens is 478 g/mol. The first-order valence-corrected chi connectivity index (χ1v) is 14.2. The van der Waals surface area contributed by atoms with Gasteiger partial charge in [-0.15, -0.1) is 6.58 Å². The molecule has 6 nitrogen and oxygen atoms in total. The van der Waals surface area contributed by atoms with Gasteiger partial charge < -0.3 is 23.7 Å². The van der Waals surface area contributed by atoms with Crippen molar-refractivity contribution >= 4 is 0 Å². The highest BCUT2D eigenvalue weighted by Gasteiger charge is 2.77. The first kappa shape index (κ1) is 24.6. The third-order valence-electron chi connectivity index (χ3n) is 10.1. The van der Waals surface area contributed by atoms with Crippen LogP contribution >= 0.6 is 0 Å². The predicted molar refractivity (Wildman–Crippen MR) is 145 cm³/mol. The quantitative estimate of drug-likeness (QED) is 0.326. The van der Waals surface area contributed by atoms with Crippen LogP contribution in [0.4, 0.5) is 0 Å². The van der Waals surface area contributed by atoms with Crippen molar-refractivity contribution in [2.45, 2.75) is 74.1 Å². The van der Waals surface area contributed by atoms with Gasteiger partial charge in [0.15, 0.2) is 17.6 Å². The molecule has 7 rings (SSSR count). The molecule has 5 aliphatic rings. The zero-order valence-electron chi connectivity index (χ0n) is 22.6. The minimum Gasteiger partial charge on any atom is -0.485 e. The van der Waals surface area contributed by atoms with Crippen molar-refractivity contribution in [3.05, 3.63) is 71.8 Å². The molecule has 2 aromatic rings. The average molecular weight is 518 g/mol. The van der Waals surface area contributed by atoms with Gasteiger partial charge in [0.1, 0.15) is 6.61 Å². The zero-order valence-corrected chi connectivity index (χ0v) is 22.6. The molecule has 4 atom stereocenters. The summed E-state index contributed by atoms with van der Waals surface area (Å²) in [6, 6.07) is 14.9. The van der Waals surface area contributed by atoms with Crippen molar-refractivity contribution in [2.75, 3.05) is 33.9 Å². The van der Waals surface area contributed by atoms with Crippen molar-refractivity contribution in [1.82, 2.24) is 4.90 Å². The Morgan fingerprint density at radius 3 is 2.61 bits per heavy atom. The second kappa shape index (κ2) is 9.09. The maximum Gasteiger partial charge on any atom is 0.206 e. The Morgan fingerprint density at radius 1 is 1.05 bits per heavy atom. The maximum atomic E-state index is 7.03. The molecule has 1 unspecified atom stereocenters. The molecule has 3 aliphatic carbocycles. The van der Waals surface area contributed by atoms with E-state index in [0.29, 0.717) is 19.6 Å². The van der Waals surface area contributed by atoms with E-state index in [4.69, 9.17) is 23.7 Å². The standard InChI is InChI=1S/C32H39NO5/c1-4-18-37-31-14-15-32(34-2,35-3)29-30(31)16-17-33(20-22-10-11-22)26(31)19-24-12-13-25(28(38-29)27(24)30)36-21-23-8-6-5-7-9-23/h4-9,12-13,22,26,29H,1,10-11,14-21H2,2-3H3/t26-,29?,30+,31-/m1/s1. The van der Waals surface area contributed by atoms with E-state index >= 15 is 0 Å². The summed E-state index contributed by atoms with van der Waals surface area (Å²) in [7, 11) is 3.50. The number of piperidine rings is 1. The van der Waals surface area contributed by atoms with E-state index in [0.717, 1.165) is 55.3 Å². The van der Waals surface area contributed by atoms with E-state index in [1.165, 1.54) is 24.0 Å². The molecule has 1 spiro atoms.